The normalized spacial score (nSPS) is 9.87. The van der Waals surface area contributed by atoms with Gasteiger partial charge in [-0.15, -0.1) is 12.3 Å². The summed E-state index contributed by atoms with van der Waals surface area (Å²) in [4.78, 5) is 4.01. The van der Waals surface area contributed by atoms with E-state index in [4.69, 9.17) is 18.0 Å². The Bertz CT molecular complexity index is 331. The summed E-state index contributed by atoms with van der Waals surface area (Å²) in [6, 6.07) is 3.87. The van der Waals surface area contributed by atoms with Crippen LogP contribution in [0.4, 0.5) is 0 Å². The standard InChI is InChI=1S/C12H15ClN2/c1-2-3-4-5-8-14-10-11-7-6-9-15-12(11)13/h1,6-7,9,14H,3-5,8,10H2. The average molecular weight is 223 g/mol. The summed E-state index contributed by atoms with van der Waals surface area (Å²) >= 11 is 5.91. The van der Waals surface area contributed by atoms with Crippen molar-refractivity contribution in [2.45, 2.75) is 25.8 Å². The molecule has 1 rings (SSSR count). The molecule has 1 heterocycles. The minimum atomic E-state index is 0.577. The molecule has 0 aliphatic rings. The summed E-state index contributed by atoms with van der Waals surface area (Å²) in [5, 5.41) is 3.89. The first-order valence-corrected chi connectivity index (χ1v) is 5.46. The molecule has 3 heteroatoms. The largest absolute Gasteiger partial charge is 0.313 e. The number of halogens is 1. The second kappa shape index (κ2) is 7.28. The molecule has 0 atom stereocenters. The van der Waals surface area contributed by atoms with E-state index in [2.05, 4.69) is 16.2 Å². The summed E-state index contributed by atoms with van der Waals surface area (Å²) < 4.78 is 0. The number of rotatable bonds is 6. The van der Waals surface area contributed by atoms with Crippen LogP contribution in [0, 0.1) is 12.3 Å². The third-order valence-electron chi connectivity index (χ3n) is 2.08. The van der Waals surface area contributed by atoms with Crippen LogP contribution in [-0.2, 0) is 6.54 Å². The van der Waals surface area contributed by atoms with Gasteiger partial charge in [-0.3, -0.25) is 0 Å². The average Bonchev–Trinajstić information content (AvgIpc) is 2.25. The molecule has 0 bridgehead atoms. The van der Waals surface area contributed by atoms with E-state index in [9.17, 15) is 0 Å². The predicted octanol–water partition coefficient (Wildman–Crippen LogP) is 2.63. The van der Waals surface area contributed by atoms with Crippen LogP contribution in [0.25, 0.3) is 0 Å². The van der Waals surface area contributed by atoms with E-state index in [1.54, 1.807) is 6.20 Å². The van der Waals surface area contributed by atoms with Gasteiger partial charge >= 0.3 is 0 Å². The molecule has 0 aromatic carbocycles. The molecular weight excluding hydrogens is 208 g/mol. The quantitative estimate of drug-likeness (QED) is 0.455. The molecule has 1 N–H and O–H groups in total. The maximum Gasteiger partial charge on any atom is 0.133 e. The molecule has 0 saturated heterocycles. The summed E-state index contributed by atoms with van der Waals surface area (Å²) in [5.74, 6) is 2.63. The van der Waals surface area contributed by atoms with E-state index >= 15 is 0 Å². The van der Waals surface area contributed by atoms with Gasteiger partial charge in [0.15, 0.2) is 0 Å². The van der Waals surface area contributed by atoms with Gasteiger partial charge in [0.05, 0.1) is 0 Å². The fraction of sp³-hybridized carbons (Fsp3) is 0.417. The van der Waals surface area contributed by atoms with Gasteiger partial charge in [-0.1, -0.05) is 17.7 Å². The number of pyridine rings is 1. The van der Waals surface area contributed by atoms with Crippen LogP contribution in [0.15, 0.2) is 18.3 Å². The lowest BCUT2D eigenvalue weighted by atomic mass is 10.2. The molecule has 0 aliphatic heterocycles. The maximum absolute atomic E-state index is 5.91. The van der Waals surface area contributed by atoms with Crippen LogP contribution >= 0.6 is 11.6 Å². The first kappa shape index (κ1) is 12.0. The van der Waals surface area contributed by atoms with Crippen LogP contribution in [0.5, 0.6) is 0 Å². The second-order valence-corrected chi connectivity index (χ2v) is 3.65. The molecule has 1 aromatic heterocycles. The molecule has 0 amide bonds. The Kier molecular flexibility index (Phi) is 5.84. The molecule has 80 valence electrons. The zero-order valence-electron chi connectivity index (χ0n) is 8.67. The molecule has 0 saturated carbocycles. The van der Waals surface area contributed by atoms with Gasteiger partial charge in [-0.25, -0.2) is 4.98 Å². The minimum Gasteiger partial charge on any atom is -0.313 e. The van der Waals surface area contributed by atoms with Gasteiger partial charge in [0.2, 0.25) is 0 Å². The van der Waals surface area contributed by atoms with Crippen molar-refractivity contribution in [2.24, 2.45) is 0 Å². The summed E-state index contributed by atoms with van der Waals surface area (Å²) in [6.45, 7) is 1.73. The highest BCUT2D eigenvalue weighted by molar-refractivity contribution is 6.30. The fourth-order valence-corrected chi connectivity index (χ4v) is 1.44. The van der Waals surface area contributed by atoms with Crippen molar-refractivity contribution in [3.8, 4) is 12.3 Å². The third kappa shape index (κ3) is 4.83. The lowest BCUT2D eigenvalue weighted by Crippen LogP contribution is -2.15. The number of terminal acetylenes is 1. The van der Waals surface area contributed by atoms with Crippen LogP contribution in [0.1, 0.15) is 24.8 Å². The van der Waals surface area contributed by atoms with Gasteiger partial charge in [-0.2, -0.15) is 0 Å². The van der Waals surface area contributed by atoms with Crippen LogP contribution in [-0.4, -0.2) is 11.5 Å². The predicted molar refractivity (Wildman–Crippen MR) is 63.6 cm³/mol. The monoisotopic (exact) mass is 222 g/mol. The highest BCUT2D eigenvalue weighted by Gasteiger charge is 1.98. The van der Waals surface area contributed by atoms with E-state index in [0.29, 0.717) is 5.15 Å². The smallest absolute Gasteiger partial charge is 0.133 e. The van der Waals surface area contributed by atoms with E-state index in [-0.39, 0.29) is 0 Å². The summed E-state index contributed by atoms with van der Waals surface area (Å²) in [5.41, 5.74) is 1.04. The van der Waals surface area contributed by atoms with Crippen molar-refractivity contribution >= 4 is 11.6 Å². The van der Waals surface area contributed by atoms with Gasteiger partial charge in [0, 0.05) is 24.7 Å². The zero-order chi connectivity index (χ0) is 10.9. The molecule has 2 nitrogen and oxygen atoms in total. The van der Waals surface area contributed by atoms with E-state index < -0.39 is 0 Å². The van der Waals surface area contributed by atoms with Crippen LogP contribution < -0.4 is 5.32 Å². The molecule has 0 radical (unpaired) electrons. The van der Waals surface area contributed by atoms with Crippen molar-refractivity contribution in [3.05, 3.63) is 29.0 Å². The van der Waals surface area contributed by atoms with Gasteiger partial charge < -0.3 is 5.32 Å². The Hall–Kier alpha value is -1.04. The Balaban J connectivity index is 2.16. The highest BCUT2D eigenvalue weighted by Crippen LogP contribution is 2.10. The SMILES string of the molecule is C#CCCCCNCc1cccnc1Cl. The van der Waals surface area contributed by atoms with Crippen molar-refractivity contribution in [1.82, 2.24) is 10.3 Å². The number of hydrogen-bond donors (Lipinski definition) is 1. The van der Waals surface area contributed by atoms with Crippen LogP contribution in [0.3, 0.4) is 0 Å². The third-order valence-corrected chi connectivity index (χ3v) is 2.42. The molecule has 1 aromatic rings. The lowest BCUT2D eigenvalue weighted by molar-refractivity contribution is 0.629. The van der Waals surface area contributed by atoms with Gasteiger partial charge in [0.25, 0.3) is 0 Å². The topological polar surface area (TPSA) is 24.9 Å². The Morgan fingerprint density at radius 2 is 2.33 bits per heavy atom. The fourth-order valence-electron chi connectivity index (χ4n) is 1.25. The van der Waals surface area contributed by atoms with E-state index in [0.717, 1.165) is 37.9 Å². The first-order chi connectivity index (χ1) is 7.34. The maximum atomic E-state index is 5.91. The molecular formula is C12H15ClN2. The zero-order valence-corrected chi connectivity index (χ0v) is 9.43. The van der Waals surface area contributed by atoms with E-state index in [1.165, 1.54) is 0 Å². The highest BCUT2D eigenvalue weighted by atomic mass is 35.5. The number of aromatic nitrogens is 1. The van der Waals surface area contributed by atoms with Crippen LogP contribution in [0.2, 0.25) is 5.15 Å². The Labute approximate surface area is 96.1 Å². The number of hydrogen-bond acceptors (Lipinski definition) is 2. The van der Waals surface area contributed by atoms with Gasteiger partial charge in [0.1, 0.15) is 5.15 Å². The van der Waals surface area contributed by atoms with Crippen molar-refractivity contribution in [3.63, 3.8) is 0 Å². The molecule has 0 unspecified atom stereocenters. The van der Waals surface area contributed by atoms with E-state index in [1.807, 2.05) is 12.1 Å². The first-order valence-electron chi connectivity index (χ1n) is 5.08. The van der Waals surface area contributed by atoms with Crippen molar-refractivity contribution < 1.29 is 0 Å². The number of nitrogens with zero attached hydrogens (tertiary/aromatic N) is 1. The van der Waals surface area contributed by atoms with Gasteiger partial charge in [-0.05, 0) is 25.5 Å². The Morgan fingerprint density at radius 3 is 3.07 bits per heavy atom. The minimum absolute atomic E-state index is 0.577. The van der Waals surface area contributed by atoms with Crippen molar-refractivity contribution in [1.29, 1.82) is 0 Å². The number of unbranched alkanes of at least 4 members (excludes halogenated alkanes) is 2. The Morgan fingerprint density at radius 1 is 1.47 bits per heavy atom. The molecule has 0 spiro atoms. The summed E-state index contributed by atoms with van der Waals surface area (Å²) in [7, 11) is 0. The second-order valence-electron chi connectivity index (χ2n) is 3.29. The number of nitrogens with one attached hydrogen (secondary N) is 1. The van der Waals surface area contributed by atoms with Crippen molar-refractivity contribution in [2.75, 3.05) is 6.54 Å². The molecule has 15 heavy (non-hydrogen) atoms. The lowest BCUT2D eigenvalue weighted by Gasteiger charge is -2.04. The molecule has 0 aliphatic carbocycles. The summed E-state index contributed by atoms with van der Waals surface area (Å²) in [6.07, 6.45) is 9.88. The molecule has 0 fully saturated rings.